The van der Waals surface area contributed by atoms with Crippen LogP contribution in [0.1, 0.15) is 15.8 Å². The molecule has 0 saturated carbocycles. The molecule has 0 atom stereocenters. The molecule has 3 N–H and O–H groups in total. The zero-order chi connectivity index (χ0) is 11.0. The number of nitrogens with two attached hydrogens (primary N) is 1. The second-order valence-electron chi connectivity index (χ2n) is 1.59. The van der Waals surface area contributed by atoms with Gasteiger partial charge in [0.15, 0.2) is 0 Å². The molecule has 0 aromatic heterocycles. The molecule has 1 aromatic rings. The van der Waals surface area contributed by atoms with E-state index in [0.29, 0.717) is 0 Å². The zero-order valence-corrected chi connectivity index (χ0v) is 4.93. The summed E-state index contributed by atoms with van der Waals surface area (Å²) < 4.78 is 29.0. The maximum Gasteiger partial charge on any atom is 0.335 e. The van der Waals surface area contributed by atoms with Gasteiger partial charge in [-0.15, -0.1) is 0 Å². The van der Waals surface area contributed by atoms with Crippen molar-refractivity contribution in [1.82, 2.24) is 0 Å². The number of anilines is 1. The average molecular weight is 141 g/mol. The van der Waals surface area contributed by atoms with Crippen molar-refractivity contribution in [2.75, 3.05) is 5.73 Å². The minimum absolute atomic E-state index is 0.343. The fourth-order valence-electron chi connectivity index (χ4n) is 0.429. The van der Waals surface area contributed by atoms with Crippen molar-refractivity contribution in [3.8, 4) is 0 Å². The maximum atomic E-state index is 10.6. The van der Waals surface area contributed by atoms with Gasteiger partial charge in [-0.3, -0.25) is 0 Å². The van der Waals surface area contributed by atoms with Crippen LogP contribution < -0.4 is 5.73 Å². The van der Waals surface area contributed by atoms with Crippen molar-refractivity contribution in [1.29, 1.82) is 0 Å². The lowest BCUT2D eigenvalue weighted by molar-refractivity contribution is 0.0697. The lowest BCUT2D eigenvalue weighted by Crippen LogP contribution is -1.95. The molecule has 10 heavy (non-hydrogen) atoms. The third-order valence-electron chi connectivity index (χ3n) is 0.858. The molecule has 0 aliphatic carbocycles. The molecule has 3 heteroatoms. The Morgan fingerprint density at radius 2 is 2.00 bits per heavy atom. The van der Waals surface area contributed by atoms with Crippen LogP contribution in [0.2, 0.25) is 0 Å². The van der Waals surface area contributed by atoms with Crippen LogP contribution in [0.5, 0.6) is 0 Å². The van der Waals surface area contributed by atoms with Crippen molar-refractivity contribution >= 4 is 11.7 Å². The Morgan fingerprint density at radius 1 is 1.50 bits per heavy atom. The first kappa shape index (κ1) is 3.05. The number of carboxylic acids is 1. The fourth-order valence-corrected chi connectivity index (χ4v) is 0.429. The van der Waals surface area contributed by atoms with E-state index in [1.54, 1.807) is 0 Å². The summed E-state index contributed by atoms with van der Waals surface area (Å²) in [7, 11) is 0. The quantitative estimate of drug-likeness (QED) is 0.573. The number of carboxylic acid groups (broad SMARTS) is 1. The van der Waals surface area contributed by atoms with Crippen molar-refractivity contribution in [3.05, 3.63) is 29.7 Å². The monoisotopic (exact) mass is 141 g/mol. The second-order valence-corrected chi connectivity index (χ2v) is 1.59. The van der Waals surface area contributed by atoms with Crippen molar-refractivity contribution in [2.45, 2.75) is 0 Å². The number of nitrogen functional groups attached to an aromatic ring is 1. The Balaban J connectivity index is 3.68. The highest BCUT2D eigenvalue weighted by molar-refractivity contribution is 5.87. The van der Waals surface area contributed by atoms with Gasteiger partial charge in [-0.25, -0.2) is 4.79 Å². The van der Waals surface area contributed by atoms with Crippen LogP contribution in [0, 0.1) is 0 Å². The summed E-state index contributed by atoms with van der Waals surface area (Å²) in [6.07, 6.45) is 0. The largest absolute Gasteiger partial charge is 0.478 e. The zero-order valence-electron chi connectivity index (χ0n) is 8.93. The molecule has 0 aliphatic rings. The van der Waals surface area contributed by atoms with Crippen LogP contribution in [0.15, 0.2) is 24.2 Å². The third-order valence-corrected chi connectivity index (χ3v) is 0.858. The molecule has 0 radical (unpaired) electrons. The van der Waals surface area contributed by atoms with Gasteiger partial charge in [0, 0.05) is 5.69 Å². The van der Waals surface area contributed by atoms with Crippen LogP contribution in [0.3, 0.4) is 0 Å². The number of benzene rings is 1. The minimum atomic E-state index is -1.50. The second kappa shape index (κ2) is 2.39. The van der Waals surface area contributed by atoms with E-state index < -0.39 is 35.7 Å². The highest BCUT2D eigenvalue weighted by atomic mass is 16.4. The van der Waals surface area contributed by atoms with Crippen molar-refractivity contribution in [3.63, 3.8) is 0 Å². The highest BCUT2D eigenvalue weighted by Gasteiger charge is 1.98. The standard InChI is InChI=1S/C7H7NO2/c8-6-3-1-5(2-4-6)7(9)10/h1-4H,8H2,(H,9,10)/i1D,2D,3D,4D. The van der Waals surface area contributed by atoms with E-state index in [4.69, 9.17) is 16.3 Å². The van der Waals surface area contributed by atoms with Crippen LogP contribution in [0.4, 0.5) is 5.69 Å². The van der Waals surface area contributed by atoms with Gasteiger partial charge in [0.05, 0.1) is 11.0 Å². The summed E-state index contributed by atoms with van der Waals surface area (Å²) in [5.74, 6) is -1.50. The van der Waals surface area contributed by atoms with E-state index in [0.717, 1.165) is 0 Å². The van der Waals surface area contributed by atoms with Crippen LogP contribution in [-0.4, -0.2) is 11.1 Å². The molecule has 1 rings (SSSR count). The lowest BCUT2D eigenvalue weighted by Gasteiger charge is -1.93. The molecule has 0 fully saturated rings. The molecule has 52 valence electrons. The molecule has 0 spiro atoms. The maximum absolute atomic E-state index is 10.6. The molecule has 0 unspecified atom stereocenters. The van der Waals surface area contributed by atoms with E-state index in [9.17, 15) is 4.79 Å². The Kier molecular flexibility index (Phi) is 0.730. The van der Waals surface area contributed by atoms with Gasteiger partial charge >= 0.3 is 5.97 Å². The number of carbonyl (C=O) groups is 1. The van der Waals surface area contributed by atoms with Crippen LogP contribution in [-0.2, 0) is 0 Å². The van der Waals surface area contributed by atoms with Crippen molar-refractivity contribution in [2.24, 2.45) is 0 Å². The molecule has 1 aromatic carbocycles. The van der Waals surface area contributed by atoms with E-state index in [2.05, 4.69) is 0 Å². The summed E-state index contributed by atoms with van der Waals surface area (Å²) in [6.45, 7) is 0. The predicted octanol–water partition coefficient (Wildman–Crippen LogP) is 0.967. The summed E-state index contributed by atoms with van der Waals surface area (Å²) >= 11 is 0. The first-order valence-electron chi connectivity index (χ1n) is 4.47. The van der Waals surface area contributed by atoms with E-state index in [1.165, 1.54) is 0 Å². The Bertz CT molecular complexity index is 390. The SMILES string of the molecule is [2H]c1c([2H])c(C(=O)O)c([2H])c([2H])c1N. The van der Waals surface area contributed by atoms with Gasteiger partial charge in [0.2, 0.25) is 0 Å². The molecule has 0 heterocycles. The average Bonchev–Trinajstić information content (AvgIpc) is 2.11. The molecule has 0 saturated heterocycles. The number of hydrogen-bond acceptors (Lipinski definition) is 2. The normalized spacial score (nSPS) is 14.8. The number of rotatable bonds is 1. The minimum Gasteiger partial charge on any atom is -0.478 e. The molecule has 0 bridgehead atoms. The lowest BCUT2D eigenvalue weighted by atomic mass is 10.2. The third kappa shape index (κ3) is 1.25. The van der Waals surface area contributed by atoms with Gasteiger partial charge in [-0.2, -0.15) is 0 Å². The predicted molar refractivity (Wildman–Crippen MR) is 37.8 cm³/mol. The summed E-state index contributed by atoms with van der Waals surface area (Å²) in [5, 5.41) is 8.64. The fraction of sp³-hybridized carbons (Fsp3) is 0. The van der Waals surface area contributed by atoms with Crippen molar-refractivity contribution < 1.29 is 15.4 Å². The van der Waals surface area contributed by atoms with Crippen LogP contribution in [0.25, 0.3) is 0 Å². The first-order chi connectivity index (χ1) is 6.37. The molecular weight excluding hydrogens is 130 g/mol. The van der Waals surface area contributed by atoms with Gasteiger partial charge < -0.3 is 10.8 Å². The summed E-state index contributed by atoms with van der Waals surface area (Å²) in [6, 6.07) is -2.31. The Labute approximate surface area is 63.7 Å². The molecular formula is C7H7NO2. The van der Waals surface area contributed by atoms with E-state index in [1.807, 2.05) is 0 Å². The Morgan fingerprint density at radius 3 is 2.40 bits per heavy atom. The summed E-state index contributed by atoms with van der Waals surface area (Å²) in [4.78, 5) is 10.6. The Hall–Kier alpha value is -1.51. The molecule has 0 aliphatic heterocycles. The molecule has 3 nitrogen and oxygen atoms in total. The highest BCUT2D eigenvalue weighted by Crippen LogP contribution is 2.04. The van der Waals surface area contributed by atoms with Gasteiger partial charge in [0.1, 0.15) is 0 Å². The van der Waals surface area contributed by atoms with Gasteiger partial charge in [0.25, 0.3) is 0 Å². The summed E-state index contributed by atoms with van der Waals surface area (Å²) in [5.41, 5.74) is 4.24. The van der Waals surface area contributed by atoms with Gasteiger partial charge in [-0.05, 0) is 24.2 Å². The molecule has 0 amide bonds. The van der Waals surface area contributed by atoms with Crippen LogP contribution >= 0.6 is 0 Å². The van der Waals surface area contributed by atoms with E-state index >= 15 is 0 Å². The first-order valence-corrected chi connectivity index (χ1v) is 2.47. The van der Waals surface area contributed by atoms with Gasteiger partial charge in [-0.1, -0.05) is 0 Å². The van der Waals surface area contributed by atoms with E-state index in [-0.39, 0.29) is 5.69 Å². The number of aromatic carboxylic acids is 1. The number of hydrogen-bond donors (Lipinski definition) is 2. The topological polar surface area (TPSA) is 63.3 Å². The smallest absolute Gasteiger partial charge is 0.335 e.